The third-order valence-electron chi connectivity index (χ3n) is 4.28. The Bertz CT molecular complexity index is 1140. The van der Waals surface area contributed by atoms with Gasteiger partial charge in [0.25, 0.3) is 5.56 Å². The number of aliphatic hydroxyl groups is 1. The fourth-order valence-electron chi connectivity index (χ4n) is 3.06. The molecule has 0 spiro atoms. The maximum Gasteiger partial charge on any atom is 0.331 e. The zero-order chi connectivity index (χ0) is 20.6. The van der Waals surface area contributed by atoms with Gasteiger partial charge in [-0.15, -0.1) is 0 Å². The predicted molar refractivity (Wildman–Crippen MR) is 101 cm³/mol. The fraction of sp³-hybridized carbons (Fsp3) is 0.300. The quantitative estimate of drug-likeness (QED) is 0.725. The molecular weight excluding hydrogens is 370 g/mol. The van der Waals surface area contributed by atoms with E-state index >= 15 is 0 Å². The van der Waals surface area contributed by atoms with Gasteiger partial charge < -0.3 is 9.84 Å². The van der Waals surface area contributed by atoms with Gasteiger partial charge in [-0.3, -0.25) is 13.9 Å². The van der Waals surface area contributed by atoms with E-state index in [1.807, 2.05) is 0 Å². The van der Waals surface area contributed by atoms with Crippen LogP contribution in [0.25, 0.3) is 10.9 Å². The highest BCUT2D eigenvalue weighted by molar-refractivity contribution is 5.78. The van der Waals surface area contributed by atoms with E-state index in [1.165, 1.54) is 21.0 Å². The smallest absolute Gasteiger partial charge is 0.331 e. The molecule has 0 amide bonds. The highest BCUT2D eigenvalue weighted by Gasteiger charge is 2.22. The van der Waals surface area contributed by atoms with Crippen molar-refractivity contribution < 1.29 is 18.6 Å². The summed E-state index contributed by atoms with van der Waals surface area (Å²) in [6.45, 7) is 2.53. The molecule has 0 radical (unpaired) electrons. The topological polar surface area (TPSA) is 73.5 Å². The van der Waals surface area contributed by atoms with E-state index in [1.54, 1.807) is 24.3 Å². The van der Waals surface area contributed by atoms with Crippen molar-refractivity contribution in [3.63, 3.8) is 0 Å². The molecule has 3 aromatic rings. The summed E-state index contributed by atoms with van der Waals surface area (Å²) < 4.78 is 35.1. The maximum absolute atomic E-state index is 14.4. The molecule has 0 atom stereocenters. The van der Waals surface area contributed by atoms with Crippen molar-refractivity contribution in [2.45, 2.75) is 32.5 Å². The second kappa shape index (κ2) is 7.20. The fourth-order valence-corrected chi connectivity index (χ4v) is 3.06. The standard InChI is InChI=1S/C20H20F2N2O4/c1-20(2,27)11-24-17-15(8-13(21)9-16(17)22)18(25)23(19(24)26)10-12-4-6-14(28-3)7-5-12/h4-9,27H,10-11H2,1-3H3. The molecule has 0 saturated carbocycles. The Kier molecular flexibility index (Phi) is 5.08. The molecule has 0 fully saturated rings. The molecule has 0 saturated heterocycles. The van der Waals surface area contributed by atoms with Crippen LogP contribution in [0.5, 0.6) is 5.75 Å². The number of fused-ring (bicyclic) bond motifs is 1. The summed E-state index contributed by atoms with van der Waals surface area (Å²) in [7, 11) is 1.52. The molecule has 6 nitrogen and oxygen atoms in total. The number of hydrogen-bond donors (Lipinski definition) is 1. The van der Waals surface area contributed by atoms with Crippen LogP contribution in [0.2, 0.25) is 0 Å². The van der Waals surface area contributed by atoms with Gasteiger partial charge in [-0.2, -0.15) is 0 Å². The van der Waals surface area contributed by atoms with Crippen molar-refractivity contribution in [2.24, 2.45) is 0 Å². The first-order valence-electron chi connectivity index (χ1n) is 8.58. The van der Waals surface area contributed by atoms with Crippen molar-refractivity contribution in [3.05, 3.63) is 74.4 Å². The molecule has 0 aliphatic heterocycles. The van der Waals surface area contributed by atoms with E-state index in [2.05, 4.69) is 0 Å². The third-order valence-corrected chi connectivity index (χ3v) is 4.28. The highest BCUT2D eigenvalue weighted by atomic mass is 19.1. The van der Waals surface area contributed by atoms with Gasteiger partial charge >= 0.3 is 5.69 Å². The third kappa shape index (κ3) is 3.82. The van der Waals surface area contributed by atoms with Crippen molar-refractivity contribution in [1.82, 2.24) is 9.13 Å². The minimum absolute atomic E-state index is 0.0956. The lowest BCUT2D eigenvalue weighted by Crippen LogP contribution is -2.43. The number of halogens is 2. The first-order valence-corrected chi connectivity index (χ1v) is 8.58. The Morgan fingerprint density at radius 1 is 1.07 bits per heavy atom. The Morgan fingerprint density at radius 2 is 1.71 bits per heavy atom. The van der Waals surface area contributed by atoms with Crippen molar-refractivity contribution in [2.75, 3.05) is 7.11 Å². The van der Waals surface area contributed by atoms with E-state index < -0.39 is 28.5 Å². The van der Waals surface area contributed by atoms with E-state index in [-0.39, 0.29) is 24.0 Å². The summed E-state index contributed by atoms with van der Waals surface area (Å²) in [6.07, 6.45) is 0. The molecule has 0 aliphatic carbocycles. The largest absolute Gasteiger partial charge is 0.497 e. The van der Waals surface area contributed by atoms with E-state index in [0.29, 0.717) is 17.4 Å². The minimum Gasteiger partial charge on any atom is -0.497 e. The van der Waals surface area contributed by atoms with Gasteiger partial charge in [0.1, 0.15) is 11.6 Å². The molecule has 1 heterocycles. The first-order chi connectivity index (χ1) is 13.1. The molecule has 0 aliphatic rings. The monoisotopic (exact) mass is 390 g/mol. The van der Waals surface area contributed by atoms with Gasteiger partial charge in [0.05, 0.1) is 36.7 Å². The van der Waals surface area contributed by atoms with Crippen LogP contribution in [0.15, 0.2) is 46.0 Å². The lowest BCUT2D eigenvalue weighted by Gasteiger charge is -2.21. The summed E-state index contributed by atoms with van der Waals surface area (Å²) in [4.78, 5) is 25.8. The van der Waals surface area contributed by atoms with Crippen LogP contribution in [0.1, 0.15) is 19.4 Å². The normalized spacial score (nSPS) is 11.8. The molecule has 1 aromatic heterocycles. The number of aromatic nitrogens is 2. The molecule has 1 N–H and O–H groups in total. The van der Waals surface area contributed by atoms with Gasteiger partial charge in [-0.05, 0) is 37.6 Å². The number of nitrogens with zero attached hydrogens (tertiary/aromatic N) is 2. The summed E-state index contributed by atoms with van der Waals surface area (Å²) in [5.41, 5.74) is -2.65. The van der Waals surface area contributed by atoms with Crippen molar-refractivity contribution >= 4 is 10.9 Å². The predicted octanol–water partition coefficient (Wildman–Crippen LogP) is 2.27. The molecule has 0 unspecified atom stereocenters. The number of rotatable bonds is 5. The summed E-state index contributed by atoms with van der Waals surface area (Å²) in [6, 6.07) is 8.22. The Morgan fingerprint density at radius 3 is 2.29 bits per heavy atom. The van der Waals surface area contributed by atoms with Crippen LogP contribution < -0.4 is 16.0 Å². The van der Waals surface area contributed by atoms with Crippen molar-refractivity contribution in [1.29, 1.82) is 0 Å². The Hall–Kier alpha value is -3.00. The average Bonchev–Trinajstić information content (AvgIpc) is 2.61. The average molecular weight is 390 g/mol. The molecule has 28 heavy (non-hydrogen) atoms. The SMILES string of the molecule is COc1ccc(Cn2c(=O)c3cc(F)cc(F)c3n(CC(C)(C)O)c2=O)cc1. The zero-order valence-electron chi connectivity index (χ0n) is 15.7. The van der Waals surface area contributed by atoms with Crippen LogP contribution in [0.4, 0.5) is 8.78 Å². The Labute approximate surface area is 159 Å². The molecule has 2 aromatic carbocycles. The van der Waals surface area contributed by atoms with Gasteiger partial charge in [-0.25, -0.2) is 13.6 Å². The first kappa shape index (κ1) is 19.8. The van der Waals surface area contributed by atoms with E-state index in [9.17, 15) is 23.5 Å². The van der Waals surface area contributed by atoms with Crippen molar-refractivity contribution in [3.8, 4) is 5.75 Å². The van der Waals surface area contributed by atoms with Gasteiger partial charge in [-0.1, -0.05) is 12.1 Å². The molecule has 148 valence electrons. The van der Waals surface area contributed by atoms with E-state index in [0.717, 1.165) is 15.2 Å². The molecule has 8 heteroatoms. The Balaban J connectivity index is 2.27. The van der Waals surface area contributed by atoms with Crippen LogP contribution in [0, 0.1) is 11.6 Å². The molecule has 3 rings (SSSR count). The second-order valence-electron chi connectivity index (χ2n) is 7.20. The summed E-state index contributed by atoms with van der Waals surface area (Å²) in [5.74, 6) is -1.35. The number of hydrogen-bond acceptors (Lipinski definition) is 4. The lowest BCUT2D eigenvalue weighted by molar-refractivity contribution is 0.0608. The van der Waals surface area contributed by atoms with Gasteiger partial charge in [0.15, 0.2) is 5.82 Å². The zero-order valence-corrected chi connectivity index (χ0v) is 15.7. The van der Waals surface area contributed by atoms with Crippen LogP contribution in [0.3, 0.4) is 0 Å². The highest BCUT2D eigenvalue weighted by Crippen LogP contribution is 2.18. The number of methoxy groups -OCH3 is 1. The molecular formula is C20H20F2N2O4. The summed E-state index contributed by atoms with van der Waals surface area (Å²) in [5, 5.41) is 9.88. The van der Waals surface area contributed by atoms with Crippen LogP contribution in [-0.2, 0) is 13.1 Å². The van der Waals surface area contributed by atoms with Gasteiger partial charge in [0, 0.05) is 6.07 Å². The maximum atomic E-state index is 14.4. The second-order valence-corrected chi connectivity index (χ2v) is 7.20. The number of benzene rings is 2. The minimum atomic E-state index is -1.36. The molecule has 0 bridgehead atoms. The van der Waals surface area contributed by atoms with Crippen LogP contribution >= 0.6 is 0 Å². The van der Waals surface area contributed by atoms with Gasteiger partial charge in [0.2, 0.25) is 0 Å². The van der Waals surface area contributed by atoms with Crippen LogP contribution in [-0.4, -0.2) is 27.0 Å². The van der Waals surface area contributed by atoms with E-state index in [4.69, 9.17) is 4.74 Å². The lowest BCUT2D eigenvalue weighted by atomic mass is 10.1. The number of ether oxygens (including phenoxy) is 1. The summed E-state index contributed by atoms with van der Waals surface area (Å²) >= 11 is 0.